The zero-order valence-electron chi connectivity index (χ0n) is 13.7. The highest BCUT2D eigenvalue weighted by molar-refractivity contribution is 5.13. The van der Waals surface area contributed by atoms with E-state index in [4.69, 9.17) is 9.47 Å². The lowest BCUT2D eigenvalue weighted by atomic mass is 10.2. The van der Waals surface area contributed by atoms with Crippen molar-refractivity contribution in [2.45, 2.75) is 25.4 Å². The van der Waals surface area contributed by atoms with E-state index < -0.39 is 6.10 Å². The predicted molar refractivity (Wildman–Crippen MR) is 88.3 cm³/mol. The number of morpholine rings is 1. The van der Waals surface area contributed by atoms with Crippen LogP contribution in [0.25, 0.3) is 0 Å². The smallest absolute Gasteiger partial charge is 0.137 e. The largest absolute Gasteiger partial charge is 0.389 e. The van der Waals surface area contributed by atoms with E-state index in [0.29, 0.717) is 32.9 Å². The number of nitrogens with zero attached hydrogens (tertiary/aromatic N) is 4. The Balaban J connectivity index is 1.36. The van der Waals surface area contributed by atoms with Gasteiger partial charge in [0.15, 0.2) is 0 Å². The van der Waals surface area contributed by atoms with Gasteiger partial charge in [-0.1, -0.05) is 30.3 Å². The van der Waals surface area contributed by atoms with E-state index in [1.807, 2.05) is 30.3 Å². The molecule has 1 N–H and O–H groups in total. The maximum Gasteiger partial charge on any atom is 0.137 e. The molecular formula is C17H24N4O3. The molecule has 0 aliphatic carbocycles. The molecule has 2 atom stereocenters. The minimum Gasteiger partial charge on any atom is -0.389 e. The van der Waals surface area contributed by atoms with Crippen LogP contribution in [0.4, 0.5) is 0 Å². The van der Waals surface area contributed by atoms with E-state index in [1.54, 1.807) is 11.0 Å². The minimum absolute atomic E-state index is 0.0675. The summed E-state index contributed by atoms with van der Waals surface area (Å²) in [6.45, 7) is 4.38. The van der Waals surface area contributed by atoms with Crippen molar-refractivity contribution >= 4 is 0 Å². The van der Waals surface area contributed by atoms with E-state index in [-0.39, 0.29) is 6.10 Å². The van der Waals surface area contributed by atoms with Crippen LogP contribution >= 0.6 is 0 Å². The number of rotatable bonds is 8. The Morgan fingerprint density at radius 3 is 3.00 bits per heavy atom. The molecule has 1 aromatic carbocycles. The zero-order chi connectivity index (χ0) is 16.6. The Morgan fingerprint density at radius 1 is 1.33 bits per heavy atom. The number of aromatic nitrogens is 3. The molecular weight excluding hydrogens is 308 g/mol. The van der Waals surface area contributed by atoms with E-state index in [0.717, 1.165) is 18.7 Å². The molecule has 1 aliphatic heterocycles. The van der Waals surface area contributed by atoms with Gasteiger partial charge >= 0.3 is 0 Å². The molecule has 0 amide bonds. The zero-order valence-corrected chi connectivity index (χ0v) is 13.7. The number of benzene rings is 1. The van der Waals surface area contributed by atoms with Crippen molar-refractivity contribution in [3.05, 3.63) is 48.5 Å². The molecule has 1 saturated heterocycles. The van der Waals surface area contributed by atoms with E-state index >= 15 is 0 Å². The van der Waals surface area contributed by atoms with Crippen LogP contribution in [0.1, 0.15) is 5.56 Å². The number of β-amino-alcohol motifs (C(OH)–C–C–N with tert-alkyl or cyclic N) is 1. The fourth-order valence-electron chi connectivity index (χ4n) is 2.83. The Morgan fingerprint density at radius 2 is 2.21 bits per heavy atom. The number of hydrogen-bond donors (Lipinski definition) is 1. The maximum atomic E-state index is 10.2. The van der Waals surface area contributed by atoms with Gasteiger partial charge in [-0.05, 0) is 5.56 Å². The molecule has 0 bridgehead atoms. The summed E-state index contributed by atoms with van der Waals surface area (Å²) in [5.74, 6) is 0. The Labute approximate surface area is 141 Å². The van der Waals surface area contributed by atoms with Gasteiger partial charge in [-0.2, -0.15) is 5.10 Å². The van der Waals surface area contributed by atoms with Crippen molar-refractivity contribution in [3.8, 4) is 0 Å². The van der Waals surface area contributed by atoms with Crippen molar-refractivity contribution in [1.29, 1.82) is 0 Å². The van der Waals surface area contributed by atoms with Crippen molar-refractivity contribution in [3.63, 3.8) is 0 Å². The van der Waals surface area contributed by atoms with E-state index in [2.05, 4.69) is 15.0 Å². The van der Waals surface area contributed by atoms with Crippen LogP contribution in [-0.4, -0.2) is 69.8 Å². The average Bonchev–Trinajstić information content (AvgIpc) is 3.09. The summed E-state index contributed by atoms with van der Waals surface area (Å²) in [7, 11) is 0. The highest BCUT2D eigenvalue weighted by Crippen LogP contribution is 2.08. The molecule has 1 fully saturated rings. The third-order valence-electron chi connectivity index (χ3n) is 3.97. The fraction of sp³-hybridized carbons (Fsp3) is 0.529. The number of hydrogen-bond acceptors (Lipinski definition) is 6. The molecule has 7 nitrogen and oxygen atoms in total. The fourth-order valence-corrected chi connectivity index (χ4v) is 2.83. The Hall–Kier alpha value is -1.80. The van der Waals surface area contributed by atoms with Crippen LogP contribution in [-0.2, 0) is 22.6 Å². The first kappa shape index (κ1) is 17.0. The van der Waals surface area contributed by atoms with Crippen LogP contribution in [0, 0.1) is 0 Å². The van der Waals surface area contributed by atoms with Gasteiger partial charge in [0, 0.05) is 19.6 Å². The normalized spacial score (nSPS) is 20.1. The molecule has 2 aromatic rings. The standard InChI is InChI=1S/C17H24N4O3/c22-16(12-23-11-15-4-2-1-3-5-15)8-20-6-7-24-17(9-20)10-21-14-18-13-19-21/h1-5,13-14,16-17,22H,6-12H2/t16-,17-/m1/s1. The van der Waals surface area contributed by atoms with Crippen LogP contribution in [0.5, 0.6) is 0 Å². The first-order valence-corrected chi connectivity index (χ1v) is 8.25. The average molecular weight is 332 g/mol. The predicted octanol–water partition coefficient (Wildman–Crippen LogP) is 0.557. The molecule has 0 saturated carbocycles. The van der Waals surface area contributed by atoms with Crippen molar-refractivity contribution in [1.82, 2.24) is 19.7 Å². The SMILES string of the molecule is O[C@@H](COCc1ccccc1)CN1CCO[C@@H](Cn2cncn2)C1. The summed E-state index contributed by atoms with van der Waals surface area (Å²) in [6.07, 6.45) is 2.78. The number of aliphatic hydroxyl groups excluding tert-OH is 1. The lowest BCUT2D eigenvalue weighted by molar-refractivity contribution is -0.0583. The van der Waals surface area contributed by atoms with Gasteiger partial charge in [0.25, 0.3) is 0 Å². The quantitative estimate of drug-likeness (QED) is 0.761. The summed E-state index contributed by atoms with van der Waals surface area (Å²) in [4.78, 5) is 6.15. The van der Waals surface area contributed by atoms with Gasteiger partial charge in [-0.3, -0.25) is 9.58 Å². The van der Waals surface area contributed by atoms with Gasteiger partial charge in [-0.25, -0.2) is 4.98 Å². The molecule has 1 aromatic heterocycles. The molecule has 0 spiro atoms. The molecule has 130 valence electrons. The molecule has 2 heterocycles. The van der Waals surface area contributed by atoms with Gasteiger partial charge in [-0.15, -0.1) is 0 Å². The highest BCUT2D eigenvalue weighted by atomic mass is 16.5. The molecule has 0 unspecified atom stereocenters. The number of ether oxygens (including phenoxy) is 2. The van der Waals surface area contributed by atoms with Gasteiger partial charge in [0.05, 0.1) is 38.6 Å². The molecule has 24 heavy (non-hydrogen) atoms. The second-order valence-corrected chi connectivity index (χ2v) is 6.02. The minimum atomic E-state index is -0.501. The third kappa shape index (κ3) is 5.38. The highest BCUT2D eigenvalue weighted by Gasteiger charge is 2.22. The summed E-state index contributed by atoms with van der Waals surface area (Å²) in [6, 6.07) is 9.98. The van der Waals surface area contributed by atoms with E-state index in [9.17, 15) is 5.11 Å². The second-order valence-electron chi connectivity index (χ2n) is 6.02. The first-order valence-electron chi connectivity index (χ1n) is 8.25. The van der Waals surface area contributed by atoms with Crippen LogP contribution in [0.2, 0.25) is 0 Å². The molecule has 0 radical (unpaired) electrons. The van der Waals surface area contributed by atoms with Crippen LogP contribution in [0.15, 0.2) is 43.0 Å². The van der Waals surface area contributed by atoms with Gasteiger partial charge in [0.1, 0.15) is 12.7 Å². The summed E-state index contributed by atoms with van der Waals surface area (Å²) in [5, 5.41) is 14.3. The lowest BCUT2D eigenvalue weighted by Crippen LogP contribution is -2.47. The molecule has 3 rings (SSSR count). The topological polar surface area (TPSA) is 72.6 Å². The monoisotopic (exact) mass is 332 g/mol. The summed E-state index contributed by atoms with van der Waals surface area (Å²) < 4.78 is 13.1. The lowest BCUT2D eigenvalue weighted by Gasteiger charge is -2.33. The molecule has 1 aliphatic rings. The first-order chi connectivity index (χ1) is 11.8. The van der Waals surface area contributed by atoms with Crippen LogP contribution in [0.3, 0.4) is 0 Å². The van der Waals surface area contributed by atoms with Crippen molar-refractivity contribution in [2.24, 2.45) is 0 Å². The van der Waals surface area contributed by atoms with Crippen LogP contribution < -0.4 is 0 Å². The Kier molecular flexibility index (Phi) is 6.31. The Bertz CT molecular complexity index is 579. The maximum absolute atomic E-state index is 10.2. The number of aliphatic hydroxyl groups is 1. The second kappa shape index (κ2) is 8.89. The van der Waals surface area contributed by atoms with Crippen molar-refractivity contribution in [2.75, 3.05) is 32.8 Å². The molecule has 7 heteroatoms. The third-order valence-corrected chi connectivity index (χ3v) is 3.97. The summed E-state index contributed by atoms with van der Waals surface area (Å²) >= 11 is 0. The van der Waals surface area contributed by atoms with Gasteiger partial charge < -0.3 is 14.6 Å². The van der Waals surface area contributed by atoms with Crippen molar-refractivity contribution < 1.29 is 14.6 Å². The van der Waals surface area contributed by atoms with Gasteiger partial charge in [0.2, 0.25) is 0 Å². The summed E-state index contributed by atoms with van der Waals surface area (Å²) in [5.41, 5.74) is 1.11. The van der Waals surface area contributed by atoms with E-state index in [1.165, 1.54) is 6.33 Å².